The van der Waals surface area contributed by atoms with Crippen LogP contribution in [-0.2, 0) is 0 Å². The number of aromatic hydroxyl groups is 1. The van der Waals surface area contributed by atoms with E-state index in [0.29, 0.717) is 5.75 Å². The first kappa shape index (κ1) is 17.4. The summed E-state index contributed by atoms with van der Waals surface area (Å²) in [5.41, 5.74) is 6.90. The smallest absolute Gasteiger partial charge is 0.186 e. The van der Waals surface area contributed by atoms with Crippen LogP contribution in [0.15, 0.2) is 78.9 Å². The third-order valence-electron chi connectivity index (χ3n) is 5.15. The standard InChI is InChI=1S/C24H24N2O/c1-16-7-11-18(12-8-16)21-15-22(20-5-3-4-6-23(20)27)26-24(25-21)19-13-9-17(2)10-14-19/h3-15,22,24-27H,1-2H3/p+1. The number of phenolic OH excluding ortho intramolecular Hbond substituents is 1. The molecule has 2 atom stereocenters. The molecule has 4 rings (SSSR count). The Kier molecular flexibility index (Phi) is 4.69. The van der Waals surface area contributed by atoms with Crippen molar-refractivity contribution in [3.05, 3.63) is 107 Å². The molecule has 3 aromatic carbocycles. The van der Waals surface area contributed by atoms with Crippen LogP contribution in [-0.4, -0.2) is 5.11 Å². The number of para-hydroxylation sites is 1. The lowest BCUT2D eigenvalue weighted by molar-refractivity contribution is -0.731. The molecule has 1 aliphatic heterocycles. The van der Waals surface area contributed by atoms with Gasteiger partial charge in [-0.15, -0.1) is 0 Å². The largest absolute Gasteiger partial charge is 0.507 e. The van der Waals surface area contributed by atoms with Crippen molar-refractivity contribution in [3.63, 3.8) is 0 Å². The molecule has 0 fully saturated rings. The third kappa shape index (κ3) is 3.74. The van der Waals surface area contributed by atoms with Gasteiger partial charge in [-0.3, -0.25) is 0 Å². The molecule has 1 aliphatic rings. The van der Waals surface area contributed by atoms with Gasteiger partial charge >= 0.3 is 0 Å². The molecule has 0 aromatic heterocycles. The Hall–Kier alpha value is -3.04. The van der Waals surface area contributed by atoms with Gasteiger partial charge in [-0.1, -0.05) is 71.8 Å². The summed E-state index contributed by atoms with van der Waals surface area (Å²) in [5.74, 6) is 0.336. The topological polar surface area (TPSA) is 48.9 Å². The molecule has 27 heavy (non-hydrogen) atoms. The van der Waals surface area contributed by atoms with Gasteiger partial charge in [0, 0.05) is 17.3 Å². The van der Waals surface area contributed by atoms with E-state index in [-0.39, 0.29) is 12.2 Å². The highest BCUT2D eigenvalue weighted by Gasteiger charge is 2.29. The lowest BCUT2D eigenvalue weighted by Gasteiger charge is -2.30. The number of nitrogens with one attached hydrogen (secondary N) is 1. The molecule has 3 nitrogen and oxygen atoms in total. The Bertz CT molecular complexity index is 958. The van der Waals surface area contributed by atoms with Crippen molar-refractivity contribution in [1.29, 1.82) is 0 Å². The van der Waals surface area contributed by atoms with Crippen molar-refractivity contribution < 1.29 is 10.4 Å². The van der Waals surface area contributed by atoms with Crippen LogP contribution in [0.5, 0.6) is 5.75 Å². The van der Waals surface area contributed by atoms with Gasteiger partial charge < -0.3 is 15.7 Å². The Morgan fingerprint density at radius 1 is 0.815 bits per heavy atom. The molecule has 1 heterocycles. The number of hydrogen-bond donors (Lipinski definition) is 3. The van der Waals surface area contributed by atoms with Crippen molar-refractivity contribution in [3.8, 4) is 5.75 Å². The number of aryl methyl sites for hydroxylation is 2. The molecule has 3 aromatic rings. The van der Waals surface area contributed by atoms with Crippen LogP contribution in [0.4, 0.5) is 0 Å². The van der Waals surface area contributed by atoms with Crippen LogP contribution in [0.25, 0.3) is 5.70 Å². The van der Waals surface area contributed by atoms with Crippen LogP contribution in [0.2, 0.25) is 0 Å². The van der Waals surface area contributed by atoms with Crippen LogP contribution in [0.1, 0.15) is 40.0 Å². The van der Waals surface area contributed by atoms with Gasteiger partial charge in [-0.2, -0.15) is 0 Å². The van der Waals surface area contributed by atoms with Gasteiger partial charge in [0.05, 0.1) is 5.56 Å². The van der Waals surface area contributed by atoms with Crippen LogP contribution < -0.4 is 10.6 Å². The molecule has 0 radical (unpaired) electrons. The Morgan fingerprint density at radius 3 is 2.11 bits per heavy atom. The molecule has 0 saturated heterocycles. The third-order valence-corrected chi connectivity index (χ3v) is 5.15. The van der Waals surface area contributed by atoms with E-state index in [0.717, 1.165) is 16.8 Å². The van der Waals surface area contributed by atoms with Crippen molar-refractivity contribution >= 4 is 5.70 Å². The fourth-order valence-corrected chi connectivity index (χ4v) is 3.55. The minimum Gasteiger partial charge on any atom is -0.507 e. The molecule has 0 saturated carbocycles. The lowest BCUT2D eigenvalue weighted by Crippen LogP contribution is -2.89. The summed E-state index contributed by atoms with van der Waals surface area (Å²) in [6.45, 7) is 4.20. The predicted molar refractivity (Wildman–Crippen MR) is 109 cm³/mol. The van der Waals surface area contributed by atoms with Crippen molar-refractivity contribution in [2.45, 2.75) is 26.1 Å². The second-order valence-electron chi connectivity index (χ2n) is 7.26. The number of nitrogens with two attached hydrogens (primary N) is 1. The number of benzene rings is 3. The molecule has 0 spiro atoms. The zero-order valence-corrected chi connectivity index (χ0v) is 15.7. The Labute approximate surface area is 160 Å². The molecule has 0 bridgehead atoms. The molecular weight excluding hydrogens is 332 g/mol. The van der Waals surface area contributed by atoms with Crippen LogP contribution >= 0.6 is 0 Å². The average Bonchev–Trinajstić information content (AvgIpc) is 2.69. The summed E-state index contributed by atoms with van der Waals surface area (Å²) >= 11 is 0. The highest BCUT2D eigenvalue weighted by atomic mass is 16.3. The summed E-state index contributed by atoms with van der Waals surface area (Å²) in [4.78, 5) is 0. The predicted octanol–water partition coefficient (Wildman–Crippen LogP) is 3.96. The van der Waals surface area contributed by atoms with Gasteiger partial charge in [-0.25, -0.2) is 0 Å². The maximum Gasteiger partial charge on any atom is 0.186 e. The maximum atomic E-state index is 10.4. The molecule has 136 valence electrons. The summed E-state index contributed by atoms with van der Waals surface area (Å²) in [6, 6.07) is 24.8. The quantitative estimate of drug-likeness (QED) is 0.665. The van der Waals surface area contributed by atoms with E-state index < -0.39 is 0 Å². The van der Waals surface area contributed by atoms with Gasteiger partial charge in [0.15, 0.2) is 6.17 Å². The zero-order valence-electron chi connectivity index (χ0n) is 15.7. The number of hydrogen-bond acceptors (Lipinski definition) is 2. The van der Waals surface area contributed by atoms with E-state index in [2.05, 4.69) is 79.1 Å². The minimum absolute atomic E-state index is 0.0371. The van der Waals surface area contributed by atoms with Gasteiger partial charge in [0.1, 0.15) is 11.8 Å². The molecular formula is C24H25N2O+. The Balaban J connectivity index is 1.75. The Morgan fingerprint density at radius 2 is 1.44 bits per heavy atom. The van der Waals surface area contributed by atoms with Gasteiger partial charge in [0.2, 0.25) is 0 Å². The van der Waals surface area contributed by atoms with Crippen molar-refractivity contribution in [1.82, 2.24) is 5.32 Å². The summed E-state index contributed by atoms with van der Waals surface area (Å²) < 4.78 is 0. The number of phenols is 1. The van der Waals surface area contributed by atoms with E-state index in [1.165, 1.54) is 16.7 Å². The van der Waals surface area contributed by atoms with Crippen molar-refractivity contribution in [2.75, 3.05) is 0 Å². The van der Waals surface area contributed by atoms with E-state index in [1.54, 1.807) is 6.07 Å². The molecule has 4 N–H and O–H groups in total. The average molecular weight is 357 g/mol. The monoisotopic (exact) mass is 357 g/mol. The van der Waals surface area contributed by atoms with E-state index in [4.69, 9.17) is 0 Å². The first-order chi connectivity index (χ1) is 13.1. The second kappa shape index (κ2) is 7.29. The zero-order chi connectivity index (χ0) is 18.8. The fraction of sp³-hybridized carbons (Fsp3) is 0.167. The summed E-state index contributed by atoms with van der Waals surface area (Å²) in [7, 11) is 0. The van der Waals surface area contributed by atoms with Gasteiger partial charge in [0.25, 0.3) is 0 Å². The molecule has 0 amide bonds. The number of rotatable bonds is 3. The van der Waals surface area contributed by atoms with Crippen LogP contribution in [0.3, 0.4) is 0 Å². The minimum atomic E-state index is 0.0371. The first-order valence-electron chi connectivity index (χ1n) is 9.35. The molecule has 0 aliphatic carbocycles. The van der Waals surface area contributed by atoms with Gasteiger partial charge in [-0.05, 0) is 31.5 Å². The summed E-state index contributed by atoms with van der Waals surface area (Å²) in [6.07, 6.45) is 2.28. The second-order valence-corrected chi connectivity index (χ2v) is 7.26. The maximum absolute atomic E-state index is 10.4. The van der Waals surface area contributed by atoms with Crippen molar-refractivity contribution in [2.24, 2.45) is 0 Å². The van der Waals surface area contributed by atoms with E-state index in [9.17, 15) is 5.11 Å². The molecule has 2 unspecified atom stereocenters. The molecule has 3 heteroatoms. The summed E-state index contributed by atoms with van der Waals surface area (Å²) in [5, 5.41) is 16.3. The van der Waals surface area contributed by atoms with E-state index in [1.807, 2.05) is 18.2 Å². The normalized spacial score (nSPS) is 19.3. The first-order valence-corrected chi connectivity index (χ1v) is 9.35. The van der Waals surface area contributed by atoms with E-state index >= 15 is 0 Å². The SMILES string of the molecule is Cc1ccc(C2=CC(c3ccccc3O)[NH2+]C(c3ccc(C)cc3)N2)cc1. The lowest BCUT2D eigenvalue weighted by atomic mass is 9.97. The highest BCUT2D eigenvalue weighted by Crippen LogP contribution is 2.28. The van der Waals surface area contributed by atoms with Crippen LogP contribution in [0, 0.1) is 13.8 Å². The number of quaternary nitrogens is 1. The highest BCUT2D eigenvalue weighted by molar-refractivity contribution is 5.66. The fourth-order valence-electron chi connectivity index (χ4n) is 3.55.